The Morgan fingerprint density at radius 2 is 1.97 bits per heavy atom. The Hall–Kier alpha value is -2.71. The molecule has 1 fully saturated rings. The topological polar surface area (TPSA) is 87.7 Å². The van der Waals surface area contributed by atoms with Crippen LogP contribution in [0.15, 0.2) is 18.2 Å². The van der Waals surface area contributed by atoms with Crippen molar-refractivity contribution in [1.82, 2.24) is 15.5 Å². The Labute approximate surface area is 175 Å². The predicted octanol–water partition coefficient (Wildman–Crippen LogP) is 2.74. The molecule has 30 heavy (non-hydrogen) atoms. The van der Waals surface area contributed by atoms with Crippen LogP contribution in [0.3, 0.4) is 0 Å². The monoisotopic (exact) mass is 425 g/mol. The molecule has 1 saturated heterocycles. The van der Waals surface area contributed by atoms with E-state index in [0.717, 1.165) is 25.0 Å². The first-order valence-electron chi connectivity index (χ1n) is 10.3. The van der Waals surface area contributed by atoms with Crippen LogP contribution in [0, 0.1) is 17.6 Å². The van der Waals surface area contributed by atoms with E-state index in [0.29, 0.717) is 38.1 Å². The van der Waals surface area contributed by atoms with Crippen molar-refractivity contribution in [2.45, 2.75) is 45.6 Å². The third kappa shape index (κ3) is 7.96. The molecule has 0 radical (unpaired) electrons. The van der Waals surface area contributed by atoms with Crippen molar-refractivity contribution in [1.29, 1.82) is 0 Å². The van der Waals surface area contributed by atoms with Gasteiger partial charge in [-0.15, -0.1) is 0 Å². The molecule has 1 aliphatic heterocycles. The predicted molar refractivity (Wildman–Crippen MR) is 106 cm³/mol. The molecule has 0 saturated carbocycles. The number of piperidine rings is 1. The number of rotatable bonds is 9. The third-order valence-electron chi connectivity index (χ3n) is 4.97. The number of esters is 1. The Balaban J connectivity index is 1.67. The molecule has 9 heteroatoms. The zero-order valence-corrected chi connectivity index (χ0v) is 17.2. The lowest BCUT2D eigenvalue weighted by molar-refractivity contribution is -0.142. The molecule has 2 rings (SSSR count). The highest BCUT2D eigenvalue weighted by Crippen LogP contribution is 2.21. The summed E-state index contributed by atoms with van der Waals surface area (Å²) < 4.78 is 31.0. The lowest BCUT2D eigenvalue weighted by Crippen LogP contribution is -2.46. The zero-order chi connectivity index (χ0) is 21.9. The first-order valence-corrected chi connectivity index (χ1v) is 10.3. The molecule has 3 amide bonds. The van der Waals surface area contributed by atoms with Crippen LogP contribution >= 0.6 is 0 Å². The fourth-order valence-electron chi connectivity index (χ4n) is 3.38. The largest absolute Gasteiger partial charge is 0.466 e. The van der Waals surface area contributed by atoms with Crippen molar-refractivity contribution in [2.75, 3.05) is 26.2 Å². The summed E-state index contributed by atoms with van der Waals surface area (Å²) in [4.78, 5) is 37.4. The molecule has 0 unspecified atom stereocenters. The summed E-state index contributed by atoms with van der Waals surface area (Å²) in [5.41, 5.74) is 0.491. The van der Waals surface area contributed by atoms with Gasteiger partial charge in [0.05, 0.1) is 13.0 Å². The maximum Gasteiger partial charge on any atom is 0.317 e. The summed E-state index contributed by atoms with van der Waals surface area (Å²) in [6.45, 7) is 3.61. The molecule has 0 aliphatic carbocycles. The minimum Gasteiger partial charge on any atom is -0.466 e. The maximum absolute atomic E-state index is 13.2. The van der Waals surface area contributed by atoms with E-state index in [4.69, 9.17) is 4.74 Å². The number of carbonyl (C=O) groups excluding carboxylic acids is 3. The van der Waals surface area contributed by atoms with Gasteiger partial charge in [0.25, 0.3) is 0 Å². The van der Waals surface area contributed by atoms with Crippen LogP contribution < -0.4 is 10.6 Å². The molecule has 1 atom stereocenters. The van der Waals surface area contributed by atoms with Gasteiger partial charge in [-0.05, 0) is 49.8 Å². The highest BCUT2D eigenvalue weighted by Gasteiger charge is 2.24. The molecule has 1 aliphatic rings. The molecule has 0 aromatic heterocycles. The van der Waals surface area contributed by atoms with E-state index in [1.54, 1.807) is 11.8 Å². The van der Waals surface area contributed by atoms with Crippen molar-refractivity contribution in [3.63, 3.8) is 0 Å². The minimum absolute atomic E-state index is 0.134. The van der Waals surface area contributed by atoms with Gasteiger partial charge < -0.3 is 20.3 Å². The summed E-state index contributed by atoms with van der Waals surface area (Å²) in [5, 5.41) is 5.43. The lowest BCUT2D eigenvalue weighted by Gasteiger charge is -2.32. The van der Waals surface area contributed by atoms with Crippen molar-refractivity contribution in [3.05, 3.63) is 35.4 Å². The SMILES string of the molecule is CCOC(=O)CCNC(=O)N1CCC[C@@H](CCC(=O)NCc2ccc(F)c(F)c2)C1. The van der Waals surface area contributed by atoms with Gasteiger partial charge >= 0.3 is 12.0 Å². The third-order valence-corrected chi connectivity index (χ3v) is 4.97. The first-order chi connectivity index (χ1) is 14.4. The molecular formula is C21H29F2N3O4. The summed E-state index contributed by atoms with van der Waals surface area (Å²) in [6, 6.07) is 3.31. The first kappa shape index (κ1) is 23.6. The van der Waals surface area contributed by atoms with E-state index in [1.165, 1.54) is 6.07 Å². The number of benzene rings is 1. The van der Waals surface area contributed by atoms with Gasteiger partial charge in [-0.2, -0.15) is 0 Å². The minimum atomic E-state index is -0.940. The number of nitrogens with one attached hydrogen (secondary N) is 2. The average Bonchev–Trinajstić information content (AvgIpc) is 2.73. The summed E-state index contributed by atoms with van der Waals surface area (Å²) in [6.07, 6.45) is 2.85. The van der Waals surface area contributed by atoms with E-state index < -0.39 is 11.6 Å². The standard InChI is InChI=1S/C21H29F2N3O4/c1-2-30-20(28)9-10-24-21(29)26-11-3-4-15(14-26)6-8-19(27)25-13-16-5-7-17(22)18(23)12-16/h5,7,12,15H,2-4,6,8-11,13-14H2,1H3,(H,24,29)(H,25,27)/t15-/m0/s1. The number of likely N-dealkylation sites (tertiary alicyclic amines) is 1. The summed E-state index contributed by atoms with van der Waals surface area (Å²) >= 11 is 0. The fourth-order valence-corrected chi connectivity index (χ4v) is 3.38. The molecule has 0 spiro atoms. The van der Waals surface area contributed by atoms with Crippen LogP contribution in [0.2, 0.25) is 0 Å². The molecule has 7 nitrogen and oxygen atoms in total. The number of amides is 3. The van der Waals surface area contributed by atoms with Crippen molar-refractivity contribution in [2.24, 2.45) is 5.92 Å². The van der Waals surface area contributed by atoms with Gasteiger partial charge in [-0.3, -0.25) is 9.59 Å². The van der Waals surface area contributed by atoms with Crippen LogP contribution in [-0.2, 0) is 20.9 Å². The number of ether oxygens (including phenoxy) is 1. The summed E-state index contributed by atoms with van der Waals surface area (Å²) in [5.74, 6) is -2.16. The zero-order valence-electron chi connectivity index (χ0n) is 17.2. The van der Waals surface area contributed by atoms with Crippen molar-refractivity contribution >= 4 is 17.9 Å². The quantitative estimate of drug-likeness (QED) is 0.596. The number of urea groups is 1. The van der Waals surface area contributed by atoms with E-state index >= 15 is 0 Å². The van der Waals surface area contributed by atoms with Crippen LogP contribution in [0.25, 0.3) is 0 Å². The number of carbonyl (C=O) groups is 3. The highest BCUT2D eigenvalue weighted by molar-refractivity contribution is 5.76. The molecule has 0 bridgehead atoms. The Kier molecular flexibility index (Phi) is 9.50. The average molecular weight is 425 g/mol. The second-order valence-corrected chi connectivity index (χ2v) is 7.31. The smallest absolute Gasteiger partial charge is 0.317 e. The maximum atomic E-state index is 13.2. The van der Waals surface area contributed by atoms with Crippen LogP contribution in [0.5, 0.6) is 0 Å². The number of halogens is 2. The second-order valence-electron chi connectivity index (χ2n) is 7.31. The number of hydrogen-bond acceptors (Lipinski definition) is 4. The normalized spacial score (nSPS) is 16.1. The molecule has 1 heterocycles. The van der Waals surface area contributed by atoms with Crippen LogP contribution in [0.1, 0.15) is 44.6 Å². The van der Waals surface area contributed by atoms with Gasteiger partial charge in [0.15, 0.2) is 11.6 Å². The van der Waals surface area contributed by atoms with Gasteiger partial charge in [0.2, 0.25) is 5.91 Å². The Bertz CT molecular complexity index is 745. The van der Waals surface area contributed by atoms with E-state index in [-0.39, 0.29) is 43.3 Å². The van der Waals surface area contributed by atoms with Gasteiger partial charge in [-0.25, -0.2) is 13.6 Å². The van der Waals surface area contributed by atoms with E-state index in [9.17, 15) is 23.2 Å². The fraction of sp³-hybridized carbons (Fsp3) is 0.571. The molecule has 166 valence electrons. The van der Waals surface area contributed by atoms with Crippen molar-refractivity contribution < 1.29 is 27.9 Å². The Morgan fingerprint density at radius 3 is 2.70 bits per heavy atom. The molecular weight excluding hydrogens is 396 g/mol. The molecule has 2 N–H and O–H groups in total. The lowest BCUT2D eigenvalue weighted by atomic mass is 9.93. The van der Waals surface area contributed by atoms with Crippen molar-refractivity contribution in [3.8, 4) is 0 Å². The van der Waals surface area contributed by atoms with Crippen LogP contribution in [0.4, 0.5) is 13.6 Å². The second kappa shape index (κ2) is 12.1. The van der Waals surface area contributed by atoms with Gasteiger partial charge in [0, 0.05) is 32.6 Å². The van der Waals surface area contributed by atoms with E-state index in [1.807, 2.05) is 0 Å². The Morgan fingerprint density at radius 1 is 1.17 bits per heavy atom. The van der Waals surface area contributed by atoms with E-state index in [2.05, 4.69) is 10.6 Å². The highest BCUT2D eigenvalue weighted by atomic mass is 19.2. The van der Waals surface area contributed by atoms with Gasteiger partial charge in [0.1, 0.15) is 0 Å². The molecule has 1 aromatic rings. The van der Waals surface area contributed by atoms with Gasteiger partial charge in [-0.1, -0.05) is 6.07 Å². The summed E-state index contributed by atoms with van der Waals surface area (Å²) in [7, 11) is 0. The van der Waals surface area contributed by atoms with Crippen LogP contribution in [-0.4, -0.2) is 49.0 Å². The number of hydrogen-bond donors (Lipinski definition) is 2. The molecule has 1 aromatic carbocycles. The number of nitrogens with zero attached hydrogens (tertiary/aromatic N) is 1.